The molecule has 13 heteroatoms. The van der Waals surface area contributed by atoms with Gasteiger partial charge in [0.1, 0.15) is 0 Å². The van der Waals surface area contributed by atoms with E-state index in [-0.39, 0.29) is 12.8 Å². The van der Waals surface area contributed by atoms with Crippen LogP contribution < -0.4 is 5.32 Å². The summed E-state index contributed by atoms with van der Waals surface area (Å²) in [4.78, 5) is 11.6. The fourth-order valence-electron chi connectivity index (χ4n) is 2.77. The van der Waals surface area contributed by atoms with Gasteiger partial charge >= 0.3 is 35.3 Å². The van der Waals surface area contributed by atoms with Crippen molar-refractivity contribution in [3.8, 4) is 0 Å². The number of carbonyl (C=O) groups excluding carboxylic acids is 1. The maximum absolute atomic E-state index is 14.4. The average molecular weight is 443 g/mol. The van der Waals surface area contributed by atoms with Crippen LogP contribution in [0, 0.1) is 0 Å². The third-order valence-electron chi connectivity index (χ3n) is 4.53. The Balaban J connectivity index is 2.31. The first-order valence-corrected chi connectivity index (χ1v) is 7.90. The van der Waals surface area contributed by atoms with E-state index in [1.54, 1.807) is 30.3 Å². The molecule has 0 radical (unpaired) electrons. The molecule has 1 saturated carbocycles. The lowest BCUT2D eigenvalue weighted by atomic mass is 9.71. The summed E-state index contributed by atoms with van der Waals surface area (Å²) in [6.45, 7) is -0.862. The fraction of sp³-hybridized carbons (Fsp3) is 0.562. The van der Waals surface area contributed by atoms with E-state index in [4.69, 9.17) is 0 Å². The molecule has 0 spiro atoms. The van der Waals surface area contributed by atoms with Gasteiger partial charge in [-0.15, -0.1) is 0 Å². The van der Waals surface area contributed by atoms with Crippen LogP contribution in [0.4, 0.5) is 48.3 Å². The Morgan fingerprint density at radius 3 is 1.55 bits per heavy atom. The molecule has 29 heavy (non-hydrogen) atoms. The molecule has 0 bridgehead atoms. The lowest BCUT2D eigenvalue weighted by Crippen LogP contribution is -2.86. The minimum atomic E-state index is -7.34. The third-order valence-corrected chi connectivity index (χ3v) is 4.53. The molecule has 1 N–H and O–H groups in total. The van der Waals surface area contributed by atoms with Gasteiger partial charge in [-0.3, -0.25) is 4.79 Å². The largest absolute Gasteiger partial charge is 0.384 e. The zero-order valence-corrected chi connectivity index (χ0v) is 14.1. The number of aryl methyl sites for hydroxylation is 1. The Morgan fingerprint density at radius 1 is 0.690 bits per heavy atom. The van der Waals surface area contributed by atoms with Crippen LogP contribution >= 0.6 is 0 Å². The van der Waals surface area contributed by atoms with Gasteiger partial charge in [0, 0.05) is 6.54 Å². The summed E-state index contributed by atoms with van der Waals surface area (Å²) < 4.78 is 149. The van der Waals surface area contributed by atoms with E-state index in [1.807, 2.05) is 0 Å². The lowest BCUT2D eigenvalue weighted by molar-refractivity contribution is -0.476. The van der Waals surface area contributed by atoms with Gasteiger partial charge in [-0.1, -0.05) is 30.3 Å². The molecule has 1 amide bonds. The van der Waals surface area contributed by atoms with Crippen molar-refractivity contribution in [1.29, 1.82) is 0 Å². The number of alkyl halides is 11. The average Bonchev–Trinajstić information content (AvgIpc) is 2.63. The Labute approximate surface area is 156 Å². The van der Waals surface area contributed by atoms with Gasteiger partial charge in [-0.25, -0.2) is 4.39 Å². The van der Waals surface area contributed by atoms with E-state index in [0.717, 1.165) is 5.32 Å². The van der Waals surface area contributed by atoms with Crippen molar-refractivity contribution < 1.29 is 53.1 Å². The normalized spacial score (nSPS) is 25.2. The van der Waals surface area contributed by atoms with E-state index in [2.05, 4.69) is 0 Å². The molecule has 0 aliphatic heterocycles. The van der Waals surface area contributed by atoms with Gasteiger partial charge in [0.2, 0.25) is 0 Å². The molecule has 1 aromatic rings. The quantitative estimate of drug-likeness (QED) is 0.522. The number of rotatable bonds is 5. The molecule has 1 aliphatic carbocycles. The number of benzene rings is 1. The van der Waals surface area contributed by atoms with E-state index in [0.29, 0.717) is 5.56 Å². The minimum Gasteiger partial charge on any atom is -0.353 e. The van der Waals surface area contributed by atoms with Crippen LogP contribution in [0.25, 0.3) is 0 Å². The molecular weight excluding hydrogens is 431 g/mol. The first-order valence-electron chi connectivity index (χ1n) is 7.90. The minimum absolute atomic E-state index is 0.0809. The number of halogens is 11. The second-order valence-electron chi connectivity index (χ2n) is 6.38. The number of amides is 1. The number of carbonyl (C=O) groups is 1. The van der Waals surface area contributed by atoms with Crippen molar-refractivity contribution >= 4 is 5.91 Å². The van der Waals surface area contributed by atoms with Gasteiger partial charge in [0.25, 0.3) is 5.91 Å². The van der Waals surface area contributed by atoms with Crippen molar-refractivity contribution in [2.45, 2.75) is 48.1 Å². The molecule has 1 fully saturated rings. The summed E-state index contributed by atoms with van der Waals surface area (Å²) in [5.74, 6) is -39.5. The highest BCUT2D eigenvalue weighted by Crippen LogP contribution is 2.69. The maximum atomic E-state index is 14.4. The Morgan fingerprint density at radius 2 is 1.10 bits per heavy atom. The second kappa shape index (κ2) is 6.73. The van der Waals surface area contributed by atoms with Crippen LogP contribution in [0.15, 0.2) is 30.3 Å². The van der Waals surface area contributed by atoms with Gasteiger partial charge < -0.3 is 5.32 Å². The smallest absolute Gasteiger partial charge is 0.353 e. The van der Waals surface area contributed by atoms with Gasteiger partial charge in [-0.05, 0) is 18.4 Å². The summed E-state index contributed by atoms with van der Waals surface area (Å²) in [6.07, 6.45) is -0.135. The van der Waals surface area contributed by atoms with Gasteiger partial charge in [-0.2, -0.15) is 43.9 Å². The fourth-order valence-corrected chi connectivity index (χ4v) is 2.77. The molecule has 2 rings (SSSR count). The zero-order chi connectivity index (χ0) is 22.5. The van der Waals surface area contributed by atoms with Crippen LogP contribution in [0.1, 0.15) is 12.0 Å². The lowest BCUT2D eigenvalue weighted by Gasteiger charge is -2.51. The molecule has 164 valence electrons. The summed E-state index contributed by atoms with van der Waals surface area (Å²) in [5.41, 5.74) is -6.04. The van der Waals surface area contributed by atoms with Crippen molar-refractivity contribution in [2.24, 2.45) is 0 Å². The van der Waals surface area contributed by atoms with Crippen LogP contribution in [-0.4, -0.2) is 47.7 Å². The molecule has 1 aromatic carbocycles. The predicted octanol–water partition coefficient (Wildman–Crippen LogP) is 4.63. The first kappa shape index (κ1) is 23.2. The Bertz CT molecular complexity index is 733. The van der Waals surface area contributed by atoms with E-state index < -0.39 is 47.7 Å². The van der Waals surface area contributed by atoms with E-state index >= 15 is 0 Å². The van der Waals surface area contributed by atoms with Crippen LogP contribution in [0.3, 0.4) is 0 Å². The topological polar surface area (TPSA) is 29.1 Å². The number of hydrogen-bond donors (Lipinski definition) is 1. The number of nitrogens with one attached hydrogen (secondary N) is 1. The summed E-state index contributed by atoms with van der Waals surface area (Å²) in [7, 11) is 0. The zero-order valence-electron chi connectivity index (χ0n) is 14.1. The van der Waals surface area contributed by atoms with E-state index in [9.17, 15) is 53.1 Å². The molecule has 1 aliphatic rings. The van der Waals surface area contributed by atoms with Crippen molar-refractivity contribution in [3.63, 3.8) is 0 Å². The van der Waals surface area contributed by atoms with Crippen molar-refractivity contribution in [2.75, 3.05) is 6.54 Å². The van der Waals surface area contributed by atoms with Crippen LogP contribution in [-0.2, 0) is 11.2 Å². The SMILES string of the molecule is O=C(NCCCc1ccccc1)C1(F)C(F)(F)C(F)(F)C(F)(F)C(F)(F)C1(F)F. The molecule has 2 nitrogen and oxygen atoms in total. The third kappa shape index (κ3) is 2.79. The molecule has 0 aromatic heterocycles. The summed E-state index contributed by atoms with van der Waals surface area (Å²) in [5, 5.41) is 1.09. The summed E-state index contributed by atoms with van der Waals surface area (Å²) in [6, 6.07) is 7.91. The highest BCUT2D eigenvalue weighted by molar-refractivity contribution is 5.88. The van der Waals surface area contributed by atoms with Crippen molar-refractivity contribution in [3.05, 3.63) is 35.9 Å². The summed E-state index contributed by atoms with van der Waals surface area (Å²) >= 11 is 0. The highest BCUT2D eigenvalue weighted by atomic mass is 19.4. The molecular formula is C16H12F11NO. The Kier molecular flexibility index (Phi) is 5.38. The second-order valence-corrected chi connectivity index (χ2v) is 6.38. The molecule has 0 unspecified atom stereocenters. The van der Waals surface area contributed by atoms with Gasteiger partial charge in [0.05, 0.1) is 0 Å². The van der Waals surface area contributed by atoms with Gasteiger partial charge in [0.15, 0.2) is 0 Å². The number of hydrogen-bond acceptors (Lipinski definition) is 1. The first-order chi connectivity index (χ1) is 13.0. The maximum Gasteiger partial charge on any atom is 0.384 e. The standard InChI is InChI=1S/C16H12F11NO/c17-11(10(29)28-8-4-7-9-5-2-1-3-6-9)12(18,19)14(22,23)16(26,27)15(24,25)13(11,20)21/h1-3,5-6H,4,7-8H2,(H,28,29). The molecule has 0 heterocycles. The van der Waals surface area contributed by atoms with E-state index in [1.165, 1.54) is 0 Å². The Hall–Kier alpha value is -2.08. The predicted molar refractivity (Wildman–Crippen MR) is 76.3 cm³/mol. The van der Waals surface area contributed by atoms with Crippen LogP contribution in [0.5, 0.6) is 0 Å². The van der Waals surface area contributed by atoms with Crippen molar-refractivity contribution in [1.82, 2.24) is 5.32 Å². The molecule has 0 saturated heterocycles. The monoisotopic (exact) mass is 443 g/mol. The molecule has 0 atom stereocenters. The highest BCUT2D eigenvalue weighted by Gasteiger charge is 3.02. The van der Waals surface area contributed by atoms with Crippen LogP contribution in [0.2, 0.25) is 0 Å².